The van der Waals surface area contributed by atoms with Gasteiger partial charge >= 0.3 is 0 Å². The van der Waals surface area contributed by atoms with Gasteiger partial charge in [0.1, 0.15) is 5.75 Å². The van der Waals surface area contributed by atoms with Gasteiger partial charge in [-0.3, -0.25) is 0 Å². The molecule has 2 rings (SSSR count). The fraction of sp³-hybridized carbons (Fsp3) is 0.467. The van der Waals surface area contributed by atoms with Crippen LogP contribution in [0.2, 0.25) is 0 Å². The third-order valence-electron chi connectivity index (χ3n) is 3.30. The summed E-state index contributed by atoms with van der Waals surface area (Å²) in [6, 6.07) is 6.35. The second kappa shape index (κ2) is 7.75. The Balaban J connectivity index is 1.94. The largest absolute Gasteiger partial charge is 0.496 e. The molecule has 1 heterocycles. The Labute approximate surface area is 124 Å². The summed E-state index contributed by atoms with van der Waals surface area (Å²) < 4.78 is 15.5. The maximum atomic E-state index is 5.33. The van der Waals surface area contributed by atoms with Gasteiger partial charge in [0.05, 0.1) is 13.7 Å². The second-order valence-corrected chi connectivity index (χ2v) is 4.77. The first kappa shape index (κ1) is 15.5. The van der Waals surface area contributed by atoms with Crippen molar-refractivity contribution in [2.45, 2.75) is 26.0 Å². The minimum Gasteiger partial charge on any atom is -0.496 e. The zero-order chi connectivity index (χ0) is 15.1. The molecule has 0 aliphatic carbocycles. The van der Waals surface area contributed by atoms with E-state index in [9.17, 15) is 0 Å². The topological polar surface area (TPSA) is 69.4 Å². The smallest absolute Gasteiger partial charge is 0.227 e. The van der Waals surface area contributed by atoms with Crippen molar-refractivity contribution < 1.29 is 14.0 Å². The van der Waals surface area contributed by atoms with Gasteiger partial charge in [-0.1, -0.05) is 11.2 Å². The number of ether oxygens (including phenoxy) is 2. The number of aromatic nitrogens is 2. The molecule has 21 heavy (non-hydrogen) atoms. The molecule has 0 saturated carbocycles. The normalized spacial score (nSPS) is 12.3. The number of nitrogens with one attached hydrogen (secondary N) is 1. The van der Waals surface area contributed by atoms with Crippen molar-refractivity contribution in [2.75, 3.05) is 20.8 Å². The molecule has 1 N–H and O–H groups in total. The summed E-state index contributed by atoms with van der Waals surface area (Å²) >= 11 is 0. The number of hydrogen-bond acceptors (Lipinski definition) is 6. The van der Waals surface area contributed by atoms with Gasteiger partial charge in [0, 0.05) is 31.7 Å². The Kier molecular flexibility index (Phi) is 5.71. The van der Waals surface area contributed by atoms with Gasteiger partial charge in [0.25, 0.3) is 0 Å². The van der Waals surface area contributed by atoms with Crippen LogP contribution >= 0.6 is 0 Å². The molecule has 0 radical (unpaired) electrons. The minimum absolute atomic E-state index is 0.217. The molecule has 0 aliphatic rings. The van der Waals surface area contributed by atoms with Crippen LogP contribution < -0.4 is 10.1 Å². The van der Waals surface area contributed by atoms with Gasteiger partial charge in [0.15, 0.2) is 6.33 Å². The van der Waals surface area contributed by atoms with Gasteiger partial charge in [-0.15, -0.1) is 0 Å². The van der Waals surface area contributed by atoms with E-state index in [1.54, 1.807) is 14.2 Å². The highest BCUT2D eigenvalue weighted by atomic mass is 16.5. The molecule has 0 saturated heterocycles. The summed E-state index contributed by atoms with van der Waals surface area (Å²) in [5.41, 5.74) is 2.23. The molecule has 6 heteroatoms. The lowest BCUT2D eigenvalue weighted by atomic mass is 10.0. The van der Waals surface area contributed by atoms with Crippen molar-refractivity contribution in [3.63, 3.8) is 0 Å². The summed E-state index contributed by atoms with van der Waals surface area (Å²) in [5, 5.41) is 7.02. The number of methoxy groups -OCH3 is 2. The lowest BCUT2D eigenvalue weighted by molar-refractivity contribution is 0.181. The van der Waals surface area contributed by atoms with E-state index in [4.69, 9.17) is 14.0 Å². The van der Waals surface area contributed by atoms with Gasteiger partial charge in [0.2, 0.25) is 5.89 Å². The molecule has 0 bridgehead atoms. The molecular weight excluding hydrogens is 270 g/mol. The third-order valence-corrected chi connectivity index (χ3v) is 3.30. The maximum Gasteiger partial charge on any atom is 0.227 e. The van der Waals surface area contributed by atoms with E-state index in [1.165, 1.54) is 11.9 Å². The molecule has 114 valence electrons. The first-order valence-corrected chi connectivity index (χ1v) is 6.89. The molecular formula is C15H21N3O3. The van der Waals surface area contributed by atoms with Crippen LogP contribution in [0.15, 0.2) is 29.0 Å². The molecule has 2 aromatic rings. The molecule has 0 spiro atoms. The quantitative estimate of drug-likeness (QED) is 0.803. The Morgan fingerprint density at radius 1 is 1.33 bits per heavy atom. The zero-order valence-corrected chi connectivity index (χ0v) is 12.6. The predicted molar refractivity (Wildman–Crippen MR) is 78.1 cm³/mol. The van der Waals surface area contributed by atoms with Crippen LogP contribution in [0.25, 0.3) is 0 Å². The van der Waals surface area contributed by atoms with E-state index in [0.717, 1.165) is 17.9 Å². The molecule has 1 aromatic heterocycles. The van der Waals surface area contributed by atoms with Gasteiger partial charge in [-0.25, -0.2) is 0 Å². The summed E-state index contributed by atoms with van der Waals surface area (Å²) in [7, 11) is 3.35. The maximum absolute atomic E-state index is 5.33. The highest BCUT2D eigenvalue weighted by molar-refractivity contribution is 5.38. The van der Waals surface area contributed by atoms with Crippen molar-refractivity contribution in [1.82, 2.24) is 15.5 Å². The standard InChI is InChI=1S/C15H21N3O3/c1-11(16-7-6-15-17-10-18-21-15)12-4-5-14(20-3)13(8-12)9-19-2/h4-5,8,10-11,16H,6-7,9H2,1-3H3. The van der Waals surface area contributed by atoms with Crippen molar-refractivity contribution in [3.05, 3.63) is 41.5 Å². The zero-order valence-electron chi connectivity index (χ0n) is 12.6. The number of nitrogens with zero attached hydrogens (tertiary/aromatic N) is 2. The highest BCUT2D eigenvalue weighted by Crippen LogP contribution is 2.24. The van der Waals surface area contributed by atoms with Crippen molar-refractivity contribution >= 4 is 0 Å². The summed E-state index contributed by atoms with van der Waals surface area (Å²) in [5.74, 6) is 1.49. The Bertz CT molecular complexity index is 543. The molecule has 0 fully saturated rings. The first-order valence-electron chi connectivity index (χ1n) is 6.89. The van der Waals surface area contributed by atoms with Crippen LogP contribution in [0.1, 0.15) is 30.0 Å². The highest BCUT2D eigenvalue weighted by Gasteiger charge is 2.10. The van der Waals surface area contributed by atoms with Crippen LogP contribution in [0, 0.1) is 0 Å². The van der Waals surface area contributed by atoms with E-state index >= 15 is 0 Å². The average Bonchev–Trinajstić information content (AvgIpc) is 3.00. The fourth-order valence-corrected chi connectivity index (χ4v) is 2.16. The molecule has 1 atom stereocenters. The van der Waals surface area contributed by atoms with Crippen LogP contribution in [0.5, 0.6) is 5.75 Å². The predicted octanol–water partition coefficient (Wildman–Crippen LogP) is 2.12. The summed E-state index contributed by atoms with van der Waals surface area (Å²) in [6.07, 6.45) is 2.13. The molecule has 1 aromatic carbocycles. The number of benzene rings is 1. The first-order chi connectivity index (χ1) is 10.2. The lowest BCUT2D eigenvalue weighted by Crippen LogP contribution is -2.21. The van der Waals surface area contributed by atoms with Gasteiger partial charge < -0.3 is 19.3 Å². The third kappa shape index (κ3) is 4.27. The Hall–Kier alpha value is -1.92. The van der Waals surface area contributed by atoms with Crippen LogP contribution in [-0.4, -0.2) is 30.9 Å². The van der Waals surface area contributed by atoms with Crippen molar-refractivity contribution in [2.24, 2.45) is 0 Å². The van der Waals surface area contributed by atoms with Crippen LogP contribution in [-0.2, 0) is 17.8 Å². The molecule has 6 nitrogen and oxygen atoms in total. The average molecular weight is 291 g/mol. The van der Waals surface area contributed by atoms with E-state index in [1.807, 2.05) is 6.07 Å². The molecule has 0 aliphatic heterocycles. The van der Waals surface area contributed by atoms with Gasteiger partial charge in [-0.2, -0.15) is 4.98 Å². The second-order valence-electron chi connectivity index (χ2n) is 4.77. The Morgan fingerprint density at radius 2 is 2.19 bits per heavy atom. The van der Waals surface area contributed by atoms with Crippen molar-refractivity contribution in [1.29, 1.82) is 0 Å². The molecule has 0 amide bonds. The lowest BCUT2D eigenvalue weighted by Gasteiger charge is -2.16. The fourth-order valence-electron chi connectivity index (χ4n) is 2.16. The van der Waals surface area contributed by atoms with Gasteiger partial charge in [-0.05, 0) is 24.6 Å². The number of hydrogen-bond donors (Lipinski definition) is 1. The molecule has 1 unspecified atom stereocenters. The monoisotopic (exact) mass is 291 g/mol. The van der Waals surface area contributed by atoms with Crippen LogP contribution in [0.3, 0.4) is 0 Å². The van der Waals surface area contributed by atoms with E-state index in [0.29, 0.717) is 18.9 Å². The Morgan fingerprint density at radius 3 is 2.86 bits per heavy atom. The van der Waals surface area contributed by atoms with E-state index in [2.05, 4.69) is 34.5 Å². The SMILES string of the molecule is COCc1cc(C(C)NCCc2ncno2)ccc1OC. The van der Waals surface area contributed by atoms with Crippen molar-refractivity contribution in [3.8, 4) is 5.75 Å². The summed E-state index contributed by atoms with van der Waals surface area (Å²) in [4.78, 5) is 4.00. The van der Waals surface area contributed by atoms with E-state index in [-0.39, 0.29) is 6.04 Å². The minimum atomic E-state index is 0.217. The van der Waals surface area contributed by atoms with Crippen LogP contribution in [0.4, 0.5) is 0 Å². The summed E-state index contributed by atoms with van der Waals surface area (Å²) in [6.45, 7) is 3.42. The van der Waals surface area contributed by atoms with E-state index < -0.39 is 0 Å². The number of rotatable bonds is 8.